The Hall–Kier alpha value is -3.07. The molecule has 5 rings (SSSR count). The van der Waals surface area contributed by atoms with E-state index in [1.54, 1.807) is 19.4 Å². The summed E-state index contributed by atoms with van der Waals surface area (Å²) in [5, 5.41) is 2.78. The number of nitrogens with zero attached hydrogens (tertiary/aromatic N) is 5. The smallest absolute Gasteiger partial charge is 0.183 e. The van der Waals surface area contributed by atoms with Gasteiger partial charge in [-0.05, 0) is 37.7 Å². The van der Waals surface area contributed by atoms with Gasteiger partial charge in [-0.1, -0.05) is 0 Å². The van der Waals surface area contributed by atoms with E-state index in [4.69, 9.17) is 9.47 Å². The van der Waals surface area contributed by atoms with Crippen LogP contribution >= 0.6 is 0 Å². The maximum atomic E-state index is 13.6. The Bertz CT molecular complexity index is 1100. The Labute approximate surface area is 192 Å². The number of hydrogen-bond acceptors (Lipinski definition) is 8. The molecule has 1 aliphatic heterocycles. The lowest BCUT2D eigenvalue weighted by Crippen LogP contribution is -2.36. The number of ether oxygens (including phenoxy) is 2. The molecule has 1 N–H and O–H groups in total. The number of hydrogen-bond donors (Lipinski definition) is 1. The highest BCUT2D eigenvalue weighted by molar-refractivity contribution is 5.85. The highest BCUT2D eigenvalue weighted by Crippen LogP contribution is 2.34. The largest absolute Gasteiger partial charge is 0.488 e. The van der Waals surface area contributed by atoms with Gasteiger partial charge in [-0.2, -0.15) is 0 Å². The van der Waals surface area contributed by atoms with Crippen LogP contribution in [0.2, 0.25) is 0 Å². The molecule has 1 saturated heterocycles. The van der Waals surface area contributed by atoms with Gasteiger partial charge in [-0.3, -0.25) is 4.98 Å². The maximum absolute atomic E-state index is 13.6. The van der Waals surface area contributed by atoms with Gasteiger partial charge in [-0.25, -0.2) is 19.3 Å². The van der Waals surface area contributed by atoms with E-state index >= 15 is 0 Å². The second-order valence-corrected chi connectivity index (χ2v) is 8.66. The van der Waals surface area contributed by atoms with Gasteiger partial charge in [0.2, 0.25) is 0 Å². The summed E-state index contributed by atoms with van der Waals surface area (Å²) in [5.41, 5.74) is 2.75. The van der Waals surface area contributed by atoms with Crippen LogP contribution in [-0.2, 0) is 11.2 Å². The van der Waals surface area contributed by atoms with Crippen LogP contribution in [0, 0.1) is 11.7 Å². The fraction of sp³-hybridized carbons (Fsp3) is 0.500. The third kappa shape index (κ3) is 4.98. The van der Waals surface area contributed by atoms with E-state index in [1.807, 2.05) is 0 Å². The highest BCUT2D eigenvalue weighted by Gasteiger charge is 2.25. The van der Waals surface area contributed by atoms with Crippen molar-refractivity contribution in [3.8, 4) is 5.75 Å². The molecule has 2 aliphatic rings. The predicted molar refractivity (Wildman–Crippen MR) is 124 cm³/mol. The molecule has 0 radical (unpaired) electrons. The molecule has 0 bridgehead atoms. The summed E-state index contributed by atoms with van der Waals surface area (Å²) >= 11 is 0. The molecule has 1 aliphatic carbocycles. The molecule has 9 heteroatoms. The van der Waals surface area contributed by atoms with Crippen LogP contribution in [-0.4, -0.2) is 59.4 Å². The lowest BCUT2D eigenvalue weighted by Gasteiger charge is -2.31. The van der Waals surface area contributed by atoms with Crippen molar-refractivity contribution in [3.63, 3.8) is 0 Å². The third-order valence-corrected chi connectivity index (χ3v) is 6.49. The van der Waals surface area contributed by atoms with Gasteiger partial charge in [0, 0.05) is 50.7 Å². The van der Waals surface area contributed by atoms with Crippen LogP contribution in [0.4, 0.5) is 15.9 Å². The topological polar surface area (TPSA) is 85.3 Å². The fourth-order valence-corrected chi connectivity index (χ4v) is 4.69. The van der Waals surface area contributed by atoms with Gasteiger partial charge in [0.15, 0.2) is 11.6 Å². The molecule has 2 aromatic heterocycles. The first-order chi connectivity index (χ1) is 16.2. The normalized spacial score (nSPS) is 21.2. The van der Waals surface area contributed by atoms with Crippen molar-refractivity contribution >= 4 is 22.5 Å². The number of fused-ring (bicyclic) bond motifs is 1. The average molecular weight is 453 g/mol. The molecule has 174 valence electrons. The second kappa shape index (κ2) is 9.82. The van der Waals surface area contributed by atoms with Gasteiger partial charge >= 0.3 is 0 Å². The van der Waals surface area contributed by atoms with E-state index in [1.165, 1.54) is 6.20 Å². The summed E-state index contributed by atoms with van der Waals surface area (Å²) in [6.07, 6.45) is 9.51. The first kappa shape index (κ1) is 21.8. The number of benzene rings is 1. The summed E-state index contributed by atoms with van der Waals surface area (Å²) in [4.78, 5) is 19.8. The van der Waals surface area contributed by atoms with Gasteiger partial charge in [0.05, 0.1) is 31.0 Å². The zero-order valence-electron chi connectivity index (χ0n) is 18.8. The third-order valence-electron chi connectivity index (χ3n) is 6.49. The molecule has 3 aromatic rings. The summed E-state index contributed by atoms with van der Waals surface area (Å²) in [6.45, 7) is 3.17. The first-order valence-electron chi connectivity index (χ1n) is 11.6. The van der Waals surface area contributed by atoms with Crippen molar-refractivity contribution in [3.05, 3.63) is 42.4 Å². The molecule has 0 unspecified atom stereocenters. The quantitative estimate of drug-likeness (QED) is 0.607. The molecular weight excluding hydrogens is 423 g/mol. The van der Waals surface area contributed by atoms with Crippen molar-refractivity contribution in [2.24, 2.45) is 5.92 Å². The highest BCUT2D eigenvalue weighted by atomic mass is 19.1. The Morgan fingerprint density at radius 3 is 2.67 bits per heavy atom. The molecule has 0 amide bonds. The SMILES string of the molecule is CNc1nc(CC2CCC(Oc3cc(N4CCOCC4)cc4nccnc34)CC2)ncc1F. The molecule has 1 saturated carbocycles. The van der Waals surface area contributed by atoms with Crippen LogP contribution in [0.1, 0.15) is 31.5 Å². The number of anilines is 2. The van der Waals surface area contributed by atoms with E-state index in [9.17, 15) is 4.39 Å². The van der Waals surface area contributed by atoms with Gasteiger partial charge in [0.25, 0.3) is 0 Å². The molecule has 0 atom stereocenters. The first-order valence-corrected chi connectivity index (χ1v) is 11.6. The summed E-state index contributed by atoms with van der Waals surface area (Å²) < 4.78 is 25.6. The Balaban J connectivity index is 1.26. The van der Waals surface area contributed by atoms with E-state index in [2.05, 4.69) is 42.3 Å². The van der Waals surface area contributed by atoms with Crippen molar-refractivity contribution in [1.82, 2.24) is 19.9 Å². The number of halogens is 1. The number of morpholine rings is 1. The summed E-state index contributed by atoms with van der Waals surface area (Å²) in [5.74, 6) is 1.78. The van der Waals surface area contributed by atoms with Crippen LogP contribution < -0.4 is 15.0 Å². The van der Waals surface area contributed by atoms with Crippen molar-refractivity contribution in [2.75, 3.05) is 43.6 Å². The molecular formula is C24H29FN6O2. The minimum absolute atomic E-state index is 0.133. The van der Waals surface area contributed by atoms with Crippen LogP contribution in [0.5, 0.6) is 5.75 Å². The van der Waals surface area contributed by atoms with Gasteiger partial charge in [0.1, 0.15) is 17.1 Å². The standard InChI is InChI=1S/C24H29FN6O2/c1-26-24-19(25)15-29-22(30-24)12-16-2-4-18(5-3-16)33-21-14-17(31-8-10-32-11-9-31)13-20-23(21)28-7-6-27-20/h6-7,13-16,18H,2-5,8-12H2,1H3,(H,26,29,30). The molecule has 1 aromatic carbocycles. The van der Waals surface area contributed by atoms with Crippen LogP contribution in [0.3, 0.4) is 0 Å². The van der Waals surface area contributed by atoms with Gasteiger partial charge in [-0.15, -0.1) is 0 Å². The maximum Gasteiger partial charge on any atom is 0.183 e. The molecule has 0 spiro atoms. The second-order valence-electron chi connectivity index (χ2n) is 8.66. The lowest BCUT2D eigenvalue weighted by molar-refractivity contribution is 0.122. The van der Waals surface area contributed by atoms with E-state index in [0.29, 0.717) is 11.7 Å². The summed E-state index contributed by atoms with van der Waals surface area (Å²) in [7, 11) is 1.67. The van der Waals surface area contributed by atoms with Crippen molar-refractivity contribution < 1.29 is 13.9 Å². The molecule has 8 nitrogen and oxygen atoms in total. The Morgan fingerprint density at radius 1 is 1.09 bits per heavy atom. The minimum Gasteiger partial charge on any atom is -0.488 e. The van der Waals surface area contributed by atoms with Gasteiger partial charge < -0.3 is 19.7 Å². The van der Waals surface area contributed by atoms with E-state index in [-0.39, 0.29) is 11.9 Å². The Kier molecular flexibility index (Phi) is 6.48. The van der Waals surface area contributed by atoms with E-state index < -0.39 is 5.82 Å². The zero-order valence-corrected chi connectivity index (χ0v) is 18.8. The van der Waals surface area contributed by atoms with Crippen molar-refractivity contribution in [1.29, 1.82) is 0 Å². The molecule has 2 fully saturated rings. The van der Waals surface area contributed by atoms with Crippen LogP contribution in [0.15, 0.2) is 30.7 Å². The zero-order chi connectivity index (χ0) is 22.6. The number of rotatable bonds is 6. The van der Waals surface area contributed by atoms with E-state index in [0.717, 1.165) is 80.9 Å². The van der Waals surface area contributed by atoms with Crippen molar-refractivity contribution in [2.45, 2.75) is 38.2 Å². The fourth-order valence-electron chi connectivity index (χ4n) is 4.69. The predicted octanol–water partition coefficient (Wildman–Crippen LogP) is 3.62. The number of aromatic nitrogens is 4. The minimum atomic E-state index is -0.423. The lowest BCUT2D eigenvalue weighted by atomic mass is 9.85. The molecule has 3 heterocycles. The monoisotopic (exact) mass is 452 g/mol. The molecule has 33 heavy (non-hydrogen) atoms. The summed E-state index contributed by atoms with van der Waals surface area (Å²) in [6, 6.07) is 4.18. The number of nitrogens with one attached hydrogen (secondary N) is 1. The average Bonchev–Trinajstić information content (AvgIpc) is 2.87. The Morgan fingerprint density at radius 2 is 1.88 bits per heavy atom. The van der Waals surface area contributed by atoms with Crippen LogP contribution in [0.25, 0.3) is 11.0 Å².